The van der Waals surface area contributed by atoms with Crippen molar-refractivity contribution in [3.05, 3.63) is 11.7 Å². The second-order valence-corrected chi connectivity index (χ2v) is 2.82. The van der Waals surface area contributed by atoms with E-state index in [-0.39, 0.29) is 6.61 Å². The van der Waals surface area contributed by atoms with E-state index in [2.05, 4.69) is 10.1 Å². The zero-order valence-corrected chi connectivity index (χ0v) is 7.32. The number of rotatable bonds is 4. The molecule has 0 aliphatic carbocycles. The lowest BCUT2D eigenvalue weighted by molar-refractivity contribution is 0.273. The minimum absolute atomic E-state index is 0.0452. The Kier molecular flexibility index (Phi) is 3.19. The van der Waals surface area contributed by atoms with Crippen LogP contribution in [0.15, 0.2) is 4.52 Å². The first-order valence-electron chi connectivity index (χ1n) is 3.79. The van der Waals surface area contributed by atoms with Crippen molar-refractivity contribution in [2.75, 3.05) is 20.7 Å². The van der Waals surface area contributed by atoms with Crippen LogP contribution in [0.25, 0.3) is 0 Å². The van der Waals surface area contributed by atoms with Gasteiger partial charge in [0.2, 0.25) is 5.89 Å². The van der Waals surface area contributed by atoms with Gasteiger partial charge < -0.3 is 14.5 Å². The lowest BCUT2D eigenvalue weighted by Gasteiger charge is -2.03. The van der Waals surface area contributed by atoms with Crippen LogP contribution in [0.5, 0.6) is 0 Å². The first-order valence-corrected chi connectivity index (χ1v) is 3.79. The Morgan fingerprint density at radius 1 is 1.50 bits per heavy atom. The molecule has 1 aromatic rings. The summed E-state index contributed by atoms with van der Waals surface area (Å²) in [5.41, 5.74) is 0. The molecule has 0 fully saturated rings. The van der Waals surface area contributed by atoms with E-state index in [0.717, 1.165) is 0 Å². The zero-order chi connectivity index (χ0) is 8.97. The third-order valence-electron chi connectivity index (χ3n) is 1.29. The predicted molar refractivity (Wildman–Crippen MR) is 42.5 cm³/mol. The molecule has 1 heterocycles. The molecule has 0 bridgehead atoms. The van der Waals surface area contributed by atoms with Crippen LogP contribution >= 0.6 is 0 Å². The minimum Gasteiger partial charge on any atom is -0.396 e. The standard InChI is InChI=1S/C7H13N3O2/c1-10(2)5-6-8-7(3-4-11)12-9-6/h11H,3-5H2,1-2H3. The van der Waals surface area contributed by atoms with Crippen molar-refractivity contribution in [3.63, 3.8) is 0 Å². The summed E-state index contributed by atoms with van der Waals surface area (Å²) in [6, 6.07) is 0. The van der Waals surface area contributed by atoms with Gasteiger partial charge in [0.15, 0.2) is 5.82 Å². The molecule has 12 heavy (non-hydrogen) atoms. The molecule has 1 N–H and O–H groups in total. The fraction of sp³-hybridized carbons (Fsp3) is 0.714. The highest BCUT2D eigenvalue weighted by molar-refractivity contribution is 4.85. The van der Waals surface area contributed by atoms with Crippen LogP contribution in [0.3, 0.4) is 0 Å². The Morgan fingerprint density at radius 3 is 2.83 bits per heavy atom. The Bertz CT molecular complexity index is 234. The molecule has 0 unspecified atom stereocenters. The molecule has 5 heteroatoms. The molecule has 0 amide bonds. The number of aromatic nitrogens is 2. The van der Waals surface area contributed by atoms with Crippen LogP contribution in [-0.2, 0) is 13.0 Å². The van der Waals surface area contributed by atoms with Gasteiger partial charge in [-0.3, -0.25) is 0 Å². The molecule has 5 nitrogen and oxygen atoms in total. The largest absolute Gasteiger partial charge is 0.396 e. The van der Waals surface area contributed by atoms with E-state index in [4.69, 9.17) is 9.63 Å². The molecule has 0 saturated carbocycles. The summed E-state index contributed by atoms with van der Waals surface area (Å²) in [5.74, 6) is 1.15. The summed E-state index contributed by atoms with van der Waals surface area (Å²) in [6.07, 6.45) is 0.431. The van der Waals surface area contributed by atoms with E-state index < -0.39 is 0 Å². The molecule has 1 rings (SSSR count). The van der Waals surface area contributed by atoms with E-state index in [9.17, 15) is 0 Å². The van der Waals surface area contributed by atoms with Crippen molar-refractivity contribution in [2.24, 2.45) is 0 Å². The van der Waals surface area contributed by atoms with Gasteiger partial charge in [-0.1, -0.05) is 5.16 Å². The smallest absolute Gasteiger partial charge is 0.229 e. The predicted octanol–water partition coefficient (Wildman–Crippen LogP) is -0.334. The van der Waals surface area contributed by atoms with Crippen molar-refractivity contribution in [1.82, 2.24) is 15.0 Å². The lowest BCUT2D eigenvalue weighted by Crippen LogP contribution is -2.11. The van der Waals surface area contributed by atoms with Gasteiger partial charge in [0, 0.05) is 0 Å². The Morgan fingerprint density at radius 2 is 2.25 bits per heavy atom. The van der Waals surface area contributed by atoms with Crippen molar-refractivity contribution in [2.45, 2.75) is 13.0 Å². The van der Waals surface area contributed by atoms with Gasteiger partial charge in [-0.2, -0.15) is 4.98 Å². The molecule has 0 aromatic carbocycles. The van der Waals surface area contributed by atoms with Crippen molar-refractivity contribution in [3.8, 4) is 0 Å². The minimum atomic E-state index is 0.0452. The highest BCUT2D eigenvalue weighted by atomic mass is 16.5. The molecule has 0 atom stereocenters. The van der Waals surface area contributed by atoms with Crippen molar-refractivity contribution < 1.29 is 9.63 Å². The third kappa shape index (κ3) is 2.60. The van der Waals surface area contributed by atoms with Crippen LogP contribution in [0.1, 0.15) is 11.7 Å². The fourth-order valence-electron chi connectivity index (χ4n) is 0.834. The Hall–Kier alpha value is -0.940. The monoisotopic (exact) mass is 171 g/mol. The maximum Gasteiger partial charge on any atom is 0.229 e. The molecule has 1 aromatic heterocycles. The van der Waals surface area contributed by atoms with Gasteiger partial charge in [-0.25, -0.2) is 0 Å². The topological polar surface area (TPSA) is 62.4 Å². The van der Waals surface area contributed by atoms with Gasteiger partial charge in [-0.15, -0.1) is 0 Å². The lowest BCUT2D eigenvalue weighted by atomic mass is 10.4. The molecule has 0 aliphatic heterocycles. The normalized spacial score (nSPS) is 11.0. The molecule has 0 spiro atoms. The summed E-state index contributed by atoms with van der Waals surface area (Å²) < 4.78 is 4.86. The third-order valence-corrected chi connectivity index (χ3v) is 1.29. The molecular formula is C7H13N3O2. The van der Waals surface area contributed by atoms with E-state index in [0.29, 0.717) is 24.7 Å². The fourth-order valence-corrected chi connectivity index (χ4v) is 0.834. The number of hydrogen-bond donors (Lipinski definition) is 1. The number of aliphatic hydroxyl groups is 1. The van der Waals surface area contributed by atoms with E-state index >= 15 is 0 Å². The van der Waals surface area contributed by atoms with Crippen molar-refractivity contribution in [1.29, 1.82) is 0 Å². The van der Waals surface area contributed by atoms with Crippen LogP contribution in [0, 0.1) is 0 Å². The molecule has 0 aliphatic rings. The SMILES string of the molecule is CN(C)Cc1noc(CCO)n1. The first-order chi connectivity index (χ1) is 5.72. The van der Waals surface area contributed by atoms with Crippen LogP contribution in [0.4, 0.5) is 0 Å². The summed E-state index contributed by atoms with van der Waals surface area (Å²) in [6.45, 7) is 0.707. The average Bonchev–Trinajstić information content (AvgIpc) is 2.36. The number of hydrogen-bond acceptors (Lipinski definition) is 5. The van der Waals surface area contributed by atoms with E-state index in [1.165, 1.54) is 0 Å². The number of aliphatic hydroxyl groups excluding tert-OH is 1. The van der Waals surface area contributed by atoms with E-state index in [1.807, 2.05) is 19.0 Å². The highest BCUT2D eigenvalue weighted by Gasteiger charge is 2.05. The van der Waals surface area contributed by atoms with Crippen LogP contribution in [0.2, 0.25) is 0 Å². The maximum absolute atomic E-state index is 8.57. The average molecular weight is 171 g/mol. The molecule has 0 radical (unpaired) electrons. The van der Waals surface area contributed by atoms with Gasteiger partial charge in [0.25, 0.3) is 0 Å². The van der Waals surface area contributed by atoms with Gasteiger partial charge in [-0.05, 0) is 14.1 Å². The number of nitrogens with zero attached hydrogens (tertiary/aromatic N) is 3. The van der Waals surface area contributed by atoms with Crippen molar-refractivity contribution >= 4 is 0 Å². The highest BCUT2D eigenvalue weighted by Crippen LogP contribution is 1.99. The molecule has 0 saturated heterocycles. The summed E-state index contributed by atoms with van der Waals surface area (Å²) in [4.78, 5) is 6.01. The second kappa shape index (κ2) is 4.18. The summed E-state index contributed by atoms with van der Waals surface area (Å²) >= 11 is 0. The summed E-state index contributed by atoms with van der Waals surface area (Å²) in [7, 11) is 3.87. The van der Waals surface area contributed by atoms with Gasteiger partial charge >= 0.3 is 0 Å². The second-order valence-electron chi connectivity index (χ2n) is 2.82. The summed E-state index contributed by atoms with van der Waals surface area (Å²) in [5, 5.41) is 12.3. The maximum atomic E-state index is 8.57. The van der Waals surface area contributed by atoms with Crippen LogP contribution in [-0.4, -0.2) is 40.8 Å². The Labute approximate surface area is 71.0 Å². The quantitative estimate of drug-likeness (QED) is 0.671. The van der Waals surface area contributed by atoms with Gasteiger partial charge in [0.1, 0.15) is 0 Å². The van der Waals surface area contributed by atoms with Gasteiger partial charge in [0.05, 0.1) is 19.6 Å². The zero-order valence-electron chi connectivity index (χ0n) is 7.32. The van der Waals surface area contributed by atoms with Crippen LogP contribution < -0.4 is 0 Å². The van der Waals surface area contributed by atoms with E-state index in [1.54, 1.807) is 0 Å². The Balaban J connectivity index is 2.52. The molecule has 68 valence electrons. The molecular weight excluding hydrogens is 158 g/mol. The first kappa shape index (κ1) is 9.15.